The molecule has 0 saturated heterocycles. The predicted octanol–water partition coefficient (Wildman–Crippen LogP) is 2.89. The highest BCUT2D eigenvalue weighted by Crippen LogP contribution is 2.29. The Kier molecular flexibility index (Phi) is 4.15. The van der Waals surface area contributed by atoms with Crippen LogP contribution in [-0.2, 0) is 0 Å². The third-order valence-corrected chi connectivity index (χ3v) is 2.47. The van der Waals surface area contributed by atoms with Gasteiger partial charge in [0.1, 0.15) is 18.2 Å². The summed E-state index contributed by atoms with van der Waals surface area (Å²) in [6.07, 6.45) is 0. The Morgan fingerprint density at radius 1 is 1.53 bits per heavy atom. The van der Waals surface area contributed by atoms with Crippen molar-refractivity contribution in [3.63, 3.8) is 0 Å². The minimum Gasteiger partial charge on any atom is -0.485 e. The van der Waals surface area contributed by atoms with E-state index in [1.165, 1.54) is 0 Å². The molecule has 0 atom stereocenters. The number of hydrogen-bond donors (Lipinski definition) is 2. The Hall–Kier alpha value is -1.03. The maximum atomic E-state index is 7.11. The molecular formula is C11H15BrN2O. The van der Waals surface area contributed by atoms with E-state index in [0.29, 0.717) is 5.92 Å². The minimum atomic E-state index is 0.0348. The van der Waals surface area contributed by atoms with Crippen LogP contribution >= 0.6 is 15.9 Å². The van der Waals surface area contributed by atoms with Crippen molar-refractivity contribution in [3.05, 3.63) is 28.2 Å². The summed E-state index contributed by atoms with van der Waals surface area (Å²) >= 11 is 3.42. The van der Waals surface area contributed by atoms with E-state index < -0.39 is 0 Å². The van der Waals surface area contributed by atoms with Gasteiger partial charge >= 0.3 is 0 Å². The Morgan fingerprint density at radius 2 is 2.20 bits per heavy atom. The molecule has 0 aliphatic rings. The maximum absolute atomic E-state index is 7.11. The molecule has 3 nitrogen and oxygen atoms in total. The van der Waals surface area contributed by atoms with Gasteiger partial charge in [-0.3, -0.25) is 5.41 Å². The Morgan fingerprint density at radius 3 is 2.73 bits per heavy atom. The van der Waals surface area contributed by atoms with Gasteiger partial charge in [0.05, 0.1) is 0 Å². The Labute approximate surface area is 98.3 Å². The lowest BCUT2D eigenvalue weighted by molar-refractivity contribution is 0.368. The van der Waals surface area contributed by atoms with Crippen LogP contribution in [0.3, 0.4) is 0 Å². The lowest BCUT2D eigenvalue weighted by Gasteiger charge is -2.13. The van der Waals surface area contributed by atoms with Gasteiger partial charge in [0, 0.05) is 4.47 Å². The van der Waals surface area contributed by atoms with Crippen LogP contribution in [0.2, 0.25) is 0 Å². The predicted molar refractivity (Wildman–Crippen MR) is 65.6 cm³/mol. The van der Waals surface area contributed by atoms with E-state index in [4.69, 9.17) is 15.9 Å². The van der Waals surface area contributed by atoms with Crippen LogP contribution in [0.15, 0.2) is 22.7 Å². The second-order valence-corrected chi connectivity index (χ2v) is 4.57. The summed E-state index contributed by atoms with van der Waals surface area (Å²) in [5.41, 5.74) is 6.36. The molecule has 0 unspecified atom stereocenters. The molecule has 0 aliphatic heterocycles. The van der Waals surface area contributed by atoms with Crippen LogP contribution < -0.4 is 10.5 Å². The molecule has 1 aromatic rings. The first-order chi connectivity index (χ1) is 7.00. The molecule has 0 radical (unpaired) electrons. The molecule has 1 aromatic carbocycles. The number of rotatable bonds is 4. The van der Waals surface area contributed by atoms with Gasteiger partial charge in [0.2, 0.25) is 0 Å². The zero-order valence-corrected chi connectivity index (χ0v) is 10.5. The Balaban J connectivity index is 2.90. The summed E-state index contributed by atoms with van der Waals surface area (Å²) in [6, 6.07) is 5.84. The van der Waals surface area contributed by atoms with Gasteiger partial charge < -0.3 is 10.5 Å². The van der Waals surface area contributed by atoms with Gasteiger partial charge in [0.25, 0.3) is 0 Å². The van der Waals surface area contributed by atoms with E-state index in [9.17, 15) is 0 Å². The smallest absolute Gasteiger partial charge is 0.145 e. The van der Waals surface area contributed by atoms with Gasteiger partial charge in [-0.2, -0.15) is 0 Å². The highest BCUT2D eigenvalue weighted by Gasteiger charge is 2.08. The summed E-state index contributed by atoms with van der Waals surface area (Å²) in [5.74, 6) is 1.21. The molecule has 0 aromatic heterocycles. The van der Waals surface area contributed by atoms with Gasteiger partial charge in [0.15, 0.2) is 0 Å². The van der Waals surface area contributed by atoms with Crippen molar-refractivity contribution in [1.82, 2.24) is 0 Å². The molecule has 3 N–H and O–H groups in total. The molecule has 0 aliphatic carbocycles. The number of halogens is 1. The molecule has 0 heterocycles. The average Bonchev–Trinajstić information content (AvgIpc) is 2.15. The molecule has 0 bridgehead atoms. The third kappa shape index (κ3) is 3.55. The second-order valence-electron chi connectivity index (χ2n) is 3.65. The molecule has 0 fully saturated rings. The monoisotopic (exact) mass is 270 g/mol. The molecule has 0 saturated carbocycles. The fourth-order valence-electron chi connectivity index (χ4n) is 1.26. The lowest BCUT2D eigenvalue weighted by atomic mass is 10.0. The summed E-state index contributed by atoms with van der Waals surface area (Å²) in [4.78, 5) is 0. The van der Waals surface area contributed by atoms with Gasteiger partial charge in [-0.15, -0.1) is 0 Å². The molecule has 0 amide bonds. The van der Waals surface area contributed by atoms with E-state index in [2.05, 4.69) is 29.8 Å². The van der Waals surface area contributed by atoms with Gasteiger partial charge in [-0.25, -0.2) is 0 Å². The number of ether oxygens (including phenoxy) is 1. The molecule has 82 valence electrons. The number of amidine groups is 1. The Bertz CT molecular complexity index is 364. The van der Waals surface area contributed by atoms with E-state index in [-0.39, 0.29) is 12.4 Å². The number of hydrogen-bond acceptors (Lipinski definition) is 2. The average molecular weight is 271 g/mol. The number of benzene rings is 1. The summed E-state index contributed by atoms with van der Waals surface area (Å²) in [6.45, 7) is 4.34. The van der Waals surface area contributed by atoms with E-state index >= 15 is 0 Å². The quantitative estimate of drug-likeness (QED) is 0.653. The first-order valence-corrected chi connectivity index (χ1v) is 5.55. The van der Waals surface area contributed by atoms with Crippen LogP contribution in [0, 0.1) is 5.41 Å². The molecule has 0 spiro atoms. The topological polar surface area (TPSA) is 59.1 Å². The zero-order valence-electron chi connectivity index (χ0n) is 8.88. The maximum Gasteiger partial charge on any atom is 0.145 e. The van der Waals surface area contributed by atoms with Crippen molar-refractivity contribution in [2.45, 2.75) is 19.8 Å². The first kappa shape index (κ1) is 12.0. The van der Waals surface area contributed by atoms with Crippen LogP contribution in [0.4, 0.5) is 0 Å². The minimum absolute atomic E-state index is 0.0348. The van der Waals surface area contributed by atoms with Crippen LogP contribution in [-0.4, -0.2) is 12.4 Å². The van der Waals surface area contributed by atoms with Gasteiger partial charge in [-0.1, -0.05) is 29.8 Å². The van der Waals surface area contributed by atoms with Crippen molar-refractivity contribution in [2.75, 3.05) is 6.61 Å². The third-order valence-electron chi connectivity index (χ3n) is 1.98. The molecular weight excluding hydrogens is 256 g/mol. The van der Waals surface area contributed by atoms with E-state index in [0.717, 1.165) is 15.8 Å². The largest absolute Gasteiger partial charge is 0.485 e. The highest BCUT2D eigenvalue weighted by atomic mass is 79.9. The highest BCUT2D eigenvalue weighted by molar-refractivity contribution is 9.10. The SMILES string of the molecule is CC(C)c1cc(Br)ccc1OCC(=N)N. The summed E-state index contributed by atoms with van der Waals surface area (Å²) < 4.78 is 6.47. The first-order valence-electron chi connectivity index (χ1n) is 4.76. The number of nitrogens with two attached hydrogens (primary N) is 1. The molecule has 15 heavy (non-hydrogen) atoms. The normalized spacial score (nSPS) is 10.4. The van der Waals surface area contributed by atoms with Crippen molar-refractivity contribution in [2.24, 2.45) is 5.73 Å². The van der Waals surface area contributed by atoms with Crippen LogP contribution in [0.1, 0.15) is 25.3 Å². The fourth-order valence-corrected chi connectivity index (χ4v) is 1.64. The summed E-state index contributed by atoms with van der Waals surface area (Å²) in [5, 5.41) is 7.11. The van der Waals surface area contributed by atoms with E-state index in [1.54, 1.807) is 0 Å². The van der Waals surface area contributed by atoms with Gasteiger partial charge in [-0.05, 0) is 29.7 Å². The fraction of sp³-hybridized carbons (Fsp3) is 0.364. The zero-order chi connectivity index (χ0) is 11.4. The summed E-state index contributed by atoms with van der Waals surface area (Å²) in [7, 11) is 0. The van der Waals surface area contributed by atoms with Crippen molar-refractivity contribution in [1.29, 1.82) is 5.41 Å². The van der Waals surface area contributed by atoms with Crippen molar-refractivity contribution in [3.8, 4) is 5.75 Å². The molecule has 4 heteroatoms. The van der Waals surface area contributed by atoms with Crippen molar-refractivity contribution >= 4 is 21.8 Å². The van der Waals surface area contributed by atoms with Crippen molar-refractivity contribution < 1.29 is 4.74 Å². The lowest BCUT2D eigenvalue weighted by Crippen LogP contribution is -2.19. The molecule has 1 rings (SSSR count). The standard InChI is InChI=1S/C11H15BrN2O/c1-7(2)9-5-8(12)3-4-10(9)15-6-11(13)14/h3-5,7H,6H2,1-2H3,(H3,13,14). The van der Waals surface area contributed by atoms with E-state index in [1.807, 2.05) is 18.2 Å². The van der Waals surface area contributed by atoms with Crippen LogP contribution in [0.5, 0.6) is 5.75 Å². The van der Waals surface area contributed by atoms with Crippen LogP contribution in [0.25, 0.3) is 0 Å². The second kappa shape index (κ2) is 5.16. The number of nitrogens with one attached hydrogen (secondary N) is 1.